The first-order valence-electron chi connectivity index (χ1n) is 8.39. The molecule has 0 heterocycles. The van der Waals surface area contributed by atoms with Crippen LogP contribution in [0, 0.1) is 0 Å². The van der Waals surface area contributed by atoms with Crippen molar-refractivity contribution in [1.82, 2.24) is 4.90 Å². The van der Waals surface area contributed by atoms with Gasteiger partial charge in [-0.1, -0.05) is 30.3 Å². The highest BCUT2D eigenvalue weighted by Crippen LogP contribution is 2.18. The molecule has 0 saturated carbocycles. The maximum absolute atomic E-state index is 12.6. The molecule has 1 unspecified atom stereocenters. The van der Waals surface area contributed by atoms with E-state index in [0.717, 1.165) is 10.5 Å². The lowest BCUT2D eigenvalue weighted by molar-refractivity contribution is -0.144. The molecule has 7 heteroatoms. The van der Waals surface area contributed by atoms with Crippen LogP contribution >= 0.6 is 0 Å². The molecule has 0 spiro atoms. The average molecular weight is 351 g/mol. The number of carboxylic acid groups (broad SMARTS) is 1. The van der Waals surface area contributed by atoms with Crippen LogP contribution in [0.4, 0.5) is 4.79 Å². The highest BCUT2D eigenvalue weighted by molar-refractivity contribution is 5.80. The number of carbonyl (C=O) groups is 2. The predicted molar refractivity (Wildman–Crippen MR) is 95.9 cm³/mol. The van der Waals surface area contributed by atoms with Gasteiger partial charge in [-0.05, 0) is 45.7 Å². The van der Waals surface area contributed by atoms with E-state index in [9.17, 15) is 14.7 Å². The number of carboxylic acids is 1. The van der Waals surface area contributed by atoms with Gasteiger partial charge in [-0.25, -0.2) is 9.59 Å². The normalized spacial score (nSPS) is 13.8. The summed E-state index contributed by atoms with van der Waals surface area (Å²) in [5.41, 5.74) is 11.7. The largest absolute Gasteiger partial charge is 0.480 e. The van der Waals surface area contributed by atoms with Crippen LogP contribution in [-0.4, -0.2) is 46.4 Å². The highest BCUT2D eigenvalue weighted by Gasteiger charge is 2.36. The minimum absolute atomic E-state index is 0.145. The lowest BCUT2D eigenvalue weighted by atomic mass is 10.0. The second-order valence-corrected chi connectivity index (χ2v) is 6.93. The van der Waals surface area contributed by atoms with Crippen molar-refractivity contribution in [3.05, 3.63) is 35.9 Å². The molecule has 1 aromatic rings. The summed E-state index contributed by atoms with van der Waals surface area (Å²) < 4.78 is 5.38. The number of carbonyl (C=O) groups excluding carboxylic acids is 1. The number of ether oxygens (including phenoxy) is 1. The number of hydrogen-bond acceptors (Lipinski definition) is 5. The minimum atomic E-state index is -1.13. The Hall–Kier alpha value is -2.12. The van der Waals surface area contributed by atoms with Crippen LogP contribution < -0.4 is 11.5 Å². The summed E-state index contributed by atoms with van der Waals surface area (Å²) in [6.45, 7) is 5.58. The van der Waals surface area contributed by atoms with E-state index in [0.29, 0.717) is 19.4 Å². The number of rotatable bonds is 8. The molecule has 0 saturated heterocycles. The highest BCUT2D eigenvalue weighted by atomic mass is 16.6. The summed E-state index contributed by atoms with van der Waals surface area (Å²) in [6.07, 6.45) is -0.401. The van der Waals surface area contributed by atoms with Gasteiger partial charge >= 0.3 is 12.1 Å². The van der Waals surface area contributed by atoms with E-state index in [-0.39, 0.29) is 6.42 Å². The van der Waals surface area contributed by atoms with Crippen LogP contribution in [-0.2, 0) is 16.0 Å². The van der Waals surface area contributed by atoms with Gasteiger partial charge in [0.15, 0.2) is 0 Å². The Morgan fingerprint density at radius 2 is 1.84 bits per heavy atom. The third kappa shape index (κ3) is 7.11. The van der Waals surface area contributed by atoms with Crippen molar-refractivity contribution < 1.29 is 19.4 Å². The number of nitrogens with two attached hydrogens (primary N) is 2. The zero-order valence-electron chi connectivity index (χ0n) is 15.1. The maximum atomic E-state index is 12.6. The fourth-order valence-corrected chi connectivity index (χ4v) is 2.42. The van der Waals surface area contributed by atoms with E-state index in [4.69, 9.17) is 16.2 Å². The molecule has 0 fully saturated rings. The van der Waals surface area contributed by atoms with E-state index in [1.165, 1.54) is 0 Å². The van der Waals surface area contributed by atoms with Crippen molar-refractivity contribution >= 4 is 12.1 Å². The smallest absolute Gasteiger partial charge is 0.412 e. The van der Waals surface area contributed by atoms with Crippen LogP contribution in [0.25, 0.3) is 0 Å². The van der Waals surface area contributed by atoms with Crippen LogP contribution in [0.15, 0.2) is 30.3 Å². The van der Waals surface area contributed by atoms with Gasteiger partial charge in [0.25, 0.3) is 0 Å². The predicted octanol–water partition coefficient (Wildman–Crippen LogP) is 1.94. The van der Waals surface area contributed by atoms with Gasteiger partial charge in [-0.2, -0.15) is 0 Å². The van der Waals surface area contributed by atoms with Gasteiger partial charge in [0.1, 0.15) is 11.6 Å². The maximum Gasteiger partial charge on any atom is 0.412 e. The van der Waals surface area contributed by atoms with E-state index in [2.05, 4.69) is 0 Å². The summed E-state index contributed by atoms with van der Waals surface area (Å²) in [5, 5.41) is 9.70. The topological polar surface area (TPSA) is 119 Å². The van der Waals surface area contributed by atoms with Gasteiger partial charge < -0.3 is 21.3 Å². The van der Waals surface area contributed by atoms with E-state index >= 15 is 0 Å². The lowest BCUT2D eigenvalue weighted by Gasteiger charge is -2.35. The van der Waals surface area contributed by atoms with Crippen molar-refractivity contribution in [2.45, 2.75) is 57.8 Å². The first-order valence-corrected chi connectivity index (χ1v) is 8.39. The van der Waals surface area contributed by atoms with Crippen LogP contribution in [0.3, 0.4) is 0 Å². The fourth-order valence-electron chi connectivity index (χ4n) is 2.42. The number of amides is 1. The van der Waals surface area contributed by atoms with E-state index < -0.39 is 29.9 Å². The number of benzene rings is 1. The van der Waals surface area contributed by atoms with Crippen molar-refractivity contribution in [1.29, 1.82) is 0 Å². The average Bonchev–Trinajstić information content (AvgIpc) is 2.51. The molecule has 0 bridgehead atoms. The van der Waals surface area contributed by atoms with Crippen molar-refractivity contribution in [2.24, 2.45) is 11.5 Å². The Bertz CT molecular complexity index is 557. The monoisotopic (exact) mass is 351 g/mol. The number of aliphatic carboxylic acids is 1. The zero-order chi connectivity index (χ0) is 19.0. The molecule has 1 aromatic carbocycles. The molecular formula is C18H29N3O4. The van der Waals surface area contributed by atoms with Crippen LogP contribution in [0.2, 0.25) is 0 Å². The Morgan fingerprint density at radius 3 is 2.32 bits per heavy atom. The molecule has 7 nitrogen and oxygen atoms in total. The van der Waals surface area contributed by atoms with Crippen molar-refractivity contribution in [2.75, 3.05) is 6.54 Å². The van der Waals surface area contributed by atoms with Gasteiger partial charge in [-0.3, -0.25) is 4.90 Å². The first kappa shape index (κ1) is 20.9. The van der Waals surface area contributed by atoms with Gasteiger partial charge in [0.05, 0.1) is 6.17 Å². The minimum Gasteiger partial charge on any atom is -0.480 e. The molecule has 0 radical (unpaired) electrons. The quantitative estimate of drug-likeness (QED) is 0.616. The molecule has 25 heavy (non-hydrogen) atoms. The second kappa shape index (κ2) is 9.39. The lowest BCUT2D eigenvalue weighted by Crippen LogP contribution is -2.56. The molecule has 140 valence electrons. The second-order valence-electron chi connectivity index (χ2n) is 6.93. The van der Waals surface area contributed by atoms with Crippen molar-refractivity contribution in [3.63, 3.8) is 0 Å². The van der Waals surface area contributed by atoms with Crippen molar-refractivity contribution in [3.8, 4) is 0 Å². The third-order valence-electron chi connectivity index (χ3n) is 3.56. The Morgan fingerprint density at radius 1 is 1.24 bits per heavy atom. The number of nitrogens with zero attached hydrogens (tertiary/aromatic N) is 1. The van der Waals surface area contributed by atoms with Gasteiger partial charge in [0, 0.05) is 6.42 Å². The summed E-state index contributed by atoms with van der Waals surface area (Å²) >= 11 is 0. The molecular weight excluding hydrogens is 322 g/mol. The molecule has 2 atom stereocenters. The standard InChI is InChI=1S/C18H29N3O4/c1-18(2,3)25-17(24)21(15(20)10-7-11-19)14(16(22)23)12-13-8-5-4-6-9-13/h4-6,8-9,14-15H,7,10-12,19-20H2,1-3H3,(H,22,23)/t14-,15?/m0/s1. The Balaban J connectivity index is 3.10. The molecule has 5 N–H and O–H groups in total. The molecule has 1 amide bonds. The third-order valence-corrected chi connectivity index (χ3v) is 3.56. The Labute approximate surface area is 148 Å². The summed E-state index contributed by atoms with van der Waals surface area (Å²) in [4.78, 5) is 25.6. The molecule has 0 aliphatic heterocycles. The van der Waals surface area contributed by atoms with E-state index in [1.807, 2.05) is 30.3 Å². The summed E-state index contributed by atoms with van der Waals surface area (Å²) in [7, 11) is 0. The van der Waals surface area contributed by atoms with Gasteiger partial charge in [0.2, 0.25) is 0 Å². The molecule has 1 rings (SSSR count). The summed E-state index contributed by atoms with van der Waals surface area (Å²) in [5.74, 6) is -1.13. The van der Waals surface area contributed by atoms with Crippen LogP contribution in [0.5, 0.6) is 0 Å². The molecule has 0 aliphatic rings. The zero-order valence-corrected chi connectivity index (χ0v) is 15.1. The van der Waals surface area contributed by atoms with Crippen LogP contribution in [0.1, 0.15) is 39.2 Å². The first-order chi connectivity index (χ1) is 11.7. The van der Waals surface area contributed by atoms with Gasteiger partial charge in [-0.15, -0.1) is 0 Å². The fraction of sp³-hybridized carbons (Fsp3) is 0.556. The SMILES string of the molecule is CC(C)(C)OC(=O)N(C(N)CCCN)[C@@H](Cc1ccccc1)C(=O)O. The summed E-state index contributed by atoms with van der Waals surface area (Å²) in [6, 6.07) is 7.99. The molecule has 0 aliphatic carbocycles. The Kier molecular flexibility index (Phi) is 7.86. The molecule has 0 aromatic heterocycles. The van der Waals surface area contributed by atoms with E-state index in [1.54, 1.807) is 20.8 Å². The number of hydrogen-bond donors (Lipinski definition) is 3.